The van der Waals surface area contributed by atoms with E-state index in [-0.39, 0.29) is 19.4 Å². The molecule has 1 aliphatic heterocycles. The molecule has 1 saturated heterocycles. The molecule has 0 radical (unpaired) electrons. The van der Waals surface area contributed by atoms with Gasteiger partial charge in [-0.3, -0.25) is 4.79 Å². The Labute approximate surface area is 79.6 Å². The lowest BCUT2D eigenvalue weighted by Crippen LogP contribution is -2.47. The Bertz CT molecular complexity index is 217. The van der Waals surface area contributed by atoms with Crippen molar-refractivity contribution < 1.29 is 22.7 Å². The topological polar surface area (TPSA) is 38.3 Å². The number of hydrogen-bond acceptors (Lipinski definition) is 3. The van der Waals surface area contributed by atoms with Crippen LogP contribution in [0.1, 0.15) is 12.8 Å². The van der Waals surface area contributed by atoms with Crippen molar-refractivity contribution in [3.63, 3.8) is 0 Å². The van der Waals surface area contributed by atoms with Crippen LogP contribution in [-0.2, 0) is 9.53 Å². The Hall–Kier alpha value is -0.780. The summed E-state index contributed by atoms with van der Waals surface area (Å²) in [5.41, 5.74) is 0. The standard InChI is InChI=1S/C8H12F3NO2/c1-14-7(13)6-4-5(2-3-12-6)8(9,10)11/h5-6,12H,2-4H2,1H3/t5-,6+/m0/s1. The molecule has 0 spiro atoms. The van der Waals surface area contributed by atoms with Gasteiger partial charge in [0.1, 0.15) is 6.04 Å². The fourth-order valence-electron chi connectivity index (χ4n) is 1.54. The van der Waals surface area contributed by atoms with Gasteiger partial charge in [0, 0.05) is 0 Å². The normalized spacial score (nSPS) is 28.6. The minimum absolute atomic E-state index is 0.0248. The van der Waals surface area contributed by atoms with Crippen LogP contribution in [0.3, 0.4) is 0 Å². The van der Waals surface area contributed by atoms with Crippen LogP contribution in [0.2, 0.25) is 0 Å². The summed E-state index contributed by atoms with van der Waals surface area (Å²) in [6, 6.07) is -0.819. The van der Waals surface area contributed by atoms with Gasteiger partial charge in [0.15, 0.2) is 0 Å². The average Bonchev–Trinajstić information content (AvgIpc) is 2.15. The number of alkyl halides is 3. The van der Waals surface area contributed by atoms with Crippen LogP contribution in [0.15, 0.2) is 0 Å². The summed E-state index contributed by atoms with van der Waals surface area (Å²) in [5.74, 6) is -2.02. The second-order valence-electron chi connectivity index (χ2n) is 3.29. The minimum Gasteiger partial charge on any atom is -0.468 e. The maximum absolute atomic E-state index is 12.3. The lowest BCUT2D eigenvalue weighted by atomic mass is 9.92. The number of carbonyl (C=O) groups is 1. The largest absolute Gasteiger partial charge is 0.468 e. The first-order valence-corrected chi connectivity index (χ1v) is 4.33. The van der Waals surface area contributed by atoms with E-state index in [1.54, 1.807) is 0 Å². The highest BCUT2D eigenvalue weighted by Gasteiger charge is 2.43. The van der Waals surface area contributed by atoms with Crippen LogP contribution in [0.25, 0.3) is 0 Å². The third-order valence-electron chi connectivity index (χ3n) is 2.35. The van der Waals surface area contributed by atoms with E-state index in [1.807, 2.05) is 0 Å². The van der Waals surface area contributed by atoms with Crippen LogP contribution in [0, 0.1) is 5.92 Å². The Balaban J connectivity index is 2.56. The molecular formula is C8H12F3NO2. The lowest BCUT2D eigenvalue weighted by molar-refractivity contribution is -0.185. The molecule has 1 fully saturated rings. The van der Waals surface area contributed by atoms with E-state index in [0.717, 1.165) is 0 Å². The summed E-state index contributed by atoms with van der Waals surface area (Å²) in [6.07, 6.45) is -4.42. The quantitative estimate of drug-likeness (QED) is 0.660. The second-order valence-corrected chi connectivity index (χ2v) is 3.29. The van der Waals surface area contributed by atoms with Crippen molar-refractivity contribution in [1.82, 2.24) is 5.32 Å². The van der Waals surface area contributed by atoms with Crippen LogP contribution in [-0.4, -0.2) is 31.8 Å². The van der Waals surface area contributed by atoms with Crippen molar-refractivity contribution in [3.8, 4) is 0 Å². The molecule has 0 aromatic heterocycles. The molecule has 1 heterocycles. The first kappa shape index (κ1) is 11.3. The van der Waals surface area contributed by atoms with E-state index in [1.165, 1.54) is 7.11 Å². The fraction of sp³-hybridized carbons (Fsp3) is 0.875. The molecule has 2 atom stereocenters. The molecule has 0 amide bonds. The van der Waals surface area contributed by atoms with Crippen molar-refractivity contribution in [2.75, 3.05) is 13.7 Å². The highest BCUT2D eigenvalue weighted by molar-refractivity contribution is 5.75. The summed E-state index contributed by atoms with van der Waals surface area (Å²) < 4.78 is 41.3. The monoisotopic (exact) mass is 211 g/mol. The van der Waals surface area contributed by atoms with Crippen molar-refractivity contribution >= 4 is 5.97 Å². The third-order valence-corrected chi connectivity index (χ3v) is 2.35. The Morgan fingerprint density at radius 1 is 1.50 bits per heavy atom. The zero-order valence-electron chi connectivity index (χ0n) is 7.73. The SMILES string of the molecule is COC(=O)[C@H]1C[C@@H](C(F)(F)F)CCN1. The molecule has 0 aromatic rings. The predicted molar refractivity (Wildman–Crippen MR) is 42.6 cm³/mol. The van der Waals surface area contributed by atoms with E-state index < -0.39 is 24.1 Å². The highest BCUT2D eigenvalue weighted by Crippen LogP contribution is 2.34. The molecule has 0 saturated carbocycles. The van der Waals surface area contributed by atoms with Gasteiger partial charge in [0.05, 0.1) is 13.0 Å². The molecule has 3 nitrogen and oxygen atoms in total. The third kappa shape index (κ3) is 2.60. The summed E-state index contributed by atoms with van der Waals surface area (Å²) in [4.78, 5) is 11.0. The van der Waals surface area contributed by atoms with Crippen LogP contribution in [0.5, 0.6) is 0 Å². The number of rotatable bonds is 1. The molecule has 0 aromatic carbocycles. The van der Waals surface area contributed by atoms with E-state index in [4.69, 9.17) is 0 Å². The molecule has 14 heavy (non-hydrogen) atoms. The number of esters is 1. The average molecular weight is 211 g/mol. The van der Waals surface area contributed by atoms with Crippen LogP contribution >= 0.6 is 0 Å². The maximum atomic E-state index is 12.3. The Morgan fingerprint density at radius 2 is 2.14 bits per heavy atom. The molecular weight excluding hydrogens is 199 g/mol. The molecule has 1 rings (SSSR count). The van der Waals surface area contributed by atoms with Gasteiger partial charge in [-0.1, -0.05) is 0 Å². The number of hydrogen-bond donors (Lipinski definition) is 1. The highest BCUT2D eigenvalue weighted by atomic mass is 19.4. The number of carbonyl (C=O) groups excluding carboxylic acids is 1. The molecule has 0 aliphatic carbocycles. The molecule has 1 aliphatic rings. The van der Waals surface area contributed by atoms with Crippen LogP contribution in [0.4, 0.5) is 13.2 Å². The van der Waals surface area contributed by atoms with Gasteiger partial charge < -0.3 is 10.1 Å². The lowest BCUT2D eigenvalue weighted by Gasteiger charge is -2.29. The van der Waals surface area contributed by atoms with E-state index >= 15 is 0 Å². The van der Waals surface area contributed by atoms with Gasteiger partial charge in [-0.05, 0) is 19.4 Å². The van der Waals surface area contributed by atoms with Gasteiger partial charge >= 0.3 is 12.1 Å². The summed E-state index contributed by atoms with van der Waals surface area (Å²) >= 11 is 0. The first-order chi connectivity index (χ1) is 6.45. The van der Waals surface area contributed by atoms with E-state index in [9.17, 15) is 18.0 Å². The molecule has 0 unspecified atom stereocenters. The smallest absolute Gasteiger partial charge is 0.391 e. The van der Waals surface area contributed by atoms with Crippen molar-refractivity contribution in [2.45, 2.75) is 25.1 Å². The summed E-state index contributed by atoms with van der Waals surface area (Å²) in [6.45, 7) is 0.198. The maximum Gasteiger partial charge on any atom is 0.391 e. The molecule has 1 N–H and O–H groups in total. The zero-order valence-corrected chi connectivity index (χ0v) is 7.73. The zero-order chi connectivity index (χ0) is 10.8. The molecule has 82 valence electrons. The predicted octanol–water partition coefficient (Wildman–Crippen LogP) is 1.09. The van der Waals surface area contributed by atoms with Gasteiger partial charge in [-0.2, -0.15) is 13.2 Å². The van der Waals surface area contributed by atoms with Crippen molar-refractivity contribution in [2.24, 2.45) is 5.92 Å². The molecule has 6 heteroatoms. The number of halogens is 3. The summed E-state index contributed by atoms with van der Waals surface area (Å²) in [5, 5.41) is 2.70. The number of methoxy groups -OCH3 is 1. The Kier molecular flexibility index (Phi) is 3.36. The van der Waals surface area contributed by atoms with Gasteiger partial charge in [0.2, 0.25) is 0 Å². The van der Waals surface area contributed by atoms with Gasteiger partial charge in [-0.15, -0.1) is 0 Å². The second kappa shape index (κ2) is 4.16. The first-order valence-electron chi connectivity index (χ1n) is 4.33. The minimum atomic E-state index is -4.21. The number of ether oxygens (including phenoxy) is 1. The fourth-order valence-corrected chi connectivity index (χ4v) is 1.54. The van der Waals surface area contributed by atoms with E-state index in [2.05, 4.69) is 10.1 Å². The van der Waals surface area contributed by atoms with Gasteiger partial charge in [-0.25, -0.2) is 0 Å². The van der Waals surface area contributed by atoms with Crippen molar-refractivity contribution in [3.05, 3.63) is 0 Å². The molecule has 0 bridgehead atoms. The van der Waals surface area contributed by atoms with Gasteiger partial charge in [0.25, 0.3) is 0 Å². The van der Waals surface area contributed by atoms with Crippen molar-refractivity contribution in [1.29, 1.82) is 0 Å². The van der Waals surface area contributed by atoms with E-state index in [0.29, 0.717) is 0 Å². The number of nitrogens with one attached hydrogen (secondary N) is 1. The number of piperidine rings is 1. The summed E-state index contributed by atoms with van der Waals surface area (Å²) in [7, 11) is 1.17. The Morgan fingerprint density at radius 3 is 2.64 bits per heavy atom. The van der Waals surface area contributed by atoms with Crippen LogP contribution < -0.4 is 5.32 Å².